The van der Waals surface area contributed by atoms with Gasteiger partial charge in [0.15, 0.2) is 0 Å². The quantitative estimate of drug-likeness (QED) is 0.768. The predicted octanol–water partition coefficient (Wildman–Crippen LogP) is 2.23. The third-order valence-electron chi connectivity index (χ3n) is 7.30. The Morgan fingerprint density at radius 3 is 2.74 bits per heavy atom. The van der Waals surface area contributed by atoms with Crippen molar-refractivity contribution in [1.29, 1.82) is 0 Å². The minimum Gasteiger partial charge on any atom is -0.390 e. The van der Waals surface area contributed by atoms with Crippen molar-refractivity contribution in [2.24, 2.45) is 22.9 Å². The van der Waals surface area contributed by atoms with Gasteiger partial charge in [-0.25, -0.2) is 5.43 Å². The van der Waals surface area contributed by atoms with E-state index in [4.69, 9.17) is 0 Å². The third kappa shape index (κ3) is 2.39. The van der Waals surface area contributed by atoms with E-state index in [2.05, 4.69) is 33.0 Å². The van der Waals surface area contributed by atoms with Crippen LogP contribution < -0.4 is 10.7 Å². The van der Waals surface area contributed by atoms with Crippen LogP contribution in [0.4, 0.5) is 5.69 Å². The summed E-state index contributed by atoms with van der Waals surface area (Å²) < 4.78 is 0. The Hall–Kier alpha value is -2.21. The number of anilines is 1. The lowest BCUT2D eigenvalue weighted by atomic mass is 9.52. The Morgan fingerprint density at radius 2 is 2.04 bits per heavy atom. The number of rotatable bonds is 3. The maximum absolute atomic E-state index is 11.7. The van der Waals surface area contributed by atoms with Gasteiger partial charge in [0.25, 0.3) is 0 Å². The van der Waals surface area contributed by atoms with Gasteiger partial charge in [0.05, 0.1) is 29.1 Å². The first kappa shape index (κ1) is 15.8. The zero-order valence-electron chi connectivity index (χ0n) is 15.2. The number of hydrogen-bond donors (Lipinski definition) is 3. The van der Waals surface area contributed by atoms with Gasteiger partial charge in [0.1, 0.15) is 0 Å². The zero-order valence-corrected chi connectivity index (χ0v) is 15.2. The highest BCUT2D eigenvalue weighted by molar-refractivity contribution is 6.16. The van der Waals surface area contributed by atoms with E-state index in [-0.39, 0.29) is 5.91 Å². The van der Waals surface area contributed by atoms with Gasteiger partial charge < -0.3 is 10.4 Å². The summed E-state index contributed by atoms with van der Waals surface area (Å²) in [5.41, 5.74) is 7.14. The van der Waals surface area contributed by atoms with Crippen LogP contribution >= 0.6 is 0 Å². The monoisotopic (exact) mass is 364 g/mol. The first-order chi connectivity index (χ1) is 13.1. The summed E-state index contributed by atoms with van der Waals surface area (Å²) in [6.45, 7) is 0. The number of allylic oxidation sites excluding steroid dienone is 1. The Balaban J connectivity index is 1.39. The van der Waals surface area contributed by atoms with Gasteiger partial charge in [-0.05, 0) is 49.9 Å². The fourth-order valence-electron chi connectivity index (χ4n) is 6.47. The number of amides is 1. The van der Waals surface area contributed by atoms with Crippen molar-refractivity contribution in [3.8, 4) is 0 Å². The largest absolute Gasteiger partial charge is 0.390 e. The summed E-state index contributed by atoms with van der Waals surface area (Å²) in [6.07, 6.45) is 12.6. The Kier molecular flexibility index (Phi) is 3.17. The first-order valence-electron chi connectivity index (χ1n) is 10.1. The Labute approximate surface area is 158 Å². The second-order valence-electron chi connectivity index (χ2n) is 9.15. The number of nitrogens with zero attached hydrogens (tertiary/aromatic N) is 2. The topological polar surface area (TPSA) is 86.6 Å². The highest BCUT2D eigenvalue weighted by atomic mass is 16.3. The number of nitrogens with one attached hydrogen (secondary N) is 2. The van der Waals surface area contributed by atoms with Gasteiger partial charge >= 0.3 is 0 Å². The van der Waals surface area contributed by atoms with Crippen LogP contribution in [0.3, 0.4) is 0 Å². The molecule has 0 aromatic carbocycles. The van der Waals surface area contributed by atoms with Crippen LogP contribution in [0.25, 0.3) is 6.08 Å². The van der Waals surface area contributed by atoms with E-state index >= 15 is 0 Å². The van der Waals surface area contributed by atoms with Crippen LogP contribution in [0.1, 0.15) is 55.3 Å². The SMILES string of the molecule is O=C1CC(c2cnc3c(c2NC2[C@@H]4CC5C[C@H]2CC(O)(C5)C4)C=CC3)=NN1. The molecule has 4 fully saturated rings. The molecule has 7 rings (SSSR count). The summed E-state index contributed by atoms with van der Waals surface area (Å²) in [4.78, 5) is 16.3. The minimum absolute atomic E-state index is 0.0659. The zero-order chi connectivity index (χ0) is 18.2. The molecule has 6 nitrogen and oxygen atoms in total. The molecule has 1 amide bonds. The van der Waals surface area contributed by atoms with E-state index in [9.17, 15) is 9.90 Å². The molecule has 140 valence electrons. The van der Waals surface area contributed by atoms with Crippen LogP contribution in [0.5, 0.6) is 0 Å². The molecule has 2 heterocycles. The molecule has 0 saturated heterocycles. The van der Waals surface area contributed by atoms with E-state index in [0.717, 1.165) is 53.9 Å². The van der Waals surface area contributed by atoms with E-state index in [1.165, 1.54) is 12.8 Å². The molecular formula is C21H24N4O2. The minimum atomic E-state index is -0.427. The average molecular weight is 364 g/mol. The van der Waals surface area contributed by atoms with Gasteiger partial charge in [0, 0.05) is 29.8 Å². The normalized spacial score (nSPS) is 38.1. The van der Waals surface area contributed by atoms with Crippen molar-refractivity contribution in [2.75, 3.05) is 5.32 Å². The van der Waals surface area contributed by atoms with Gasteiger partial charge in [-0.2, -0.15) is 5.10 Å². The van der Waals surface area contributed by atoms with E-state index < -0.39 is 5.60 Å². The highest BCUT2D eigenvalue weighted by Gasteiger charge is 2.54. The highest BCUT2D eigenvalue weighted by Crippen LogP contribution is 2.56. The van der Waals surface area contributed by atoms with Crippen LogP contribution in [0.15, 0.2) is 17.4 Å². The number of pyridine rings is 1. The molecule has 1 aromatic rings. The lowest BCUT2D eigenvalue weighted by molar-refractivity contribution is -0.129. The molecule has 6 heteroatoms. The predicted molar refractivity (Wildman–Crippen MR) is 102 cm³/mol. The summed E-state index contributed by atoms with van der Waals surface area (Å²) in [6, 6.07) is 0.381. The van der Waals surface area contributed by atoms with E-state index in [1.54, 1.807) is 0 Å². The van der Waals surface area contributed by atoms with Crippen LogP contribution in [-0.4, -0.2) is 33.4 Å². The Bertz CT molecular complexity index is 890. The van der Waals surface area contributed by atoms with Crippen molar-refractivity contribution in [2.45, 2.75) is 56.6 Å². The number of carbonyl (C=O) groups is 1. The average Bonchev–Trinajstić information content (AvgIpc) is 3.25. The second-order valence-corrected chi connectivity index (χ2v) is 9.15. The van der Waals surface area contributed by atoms with Gasteiger partial charge in [-0.15, -0.1) is 0 Å². The molecule has 0 spiro atoms. The van der Waals surface area contributed by atoms with Gasteiger partial charge in [0.2, 0.25) is 5.91 Å². The molecule has 5 aliphatic carbocycles. The lowest BCUT2D eigenvalue weighted by Gasteiger charge is -2.58. The van der Waals surface area contributed by atoms with Crippen molar-refractivity contribution in [3.05, 3.63) is 29.1 Å². The molecule has 3 N–H and O–H groups in total. The van der Waals surface area contributed by atoms with Crippen molar-refractivity contribution < 1.29 is 9.90 Å². The van der Waals surface area contributed by atoms with Gasteiger partial charge in [-0.1, -0.05) is 12.2 Å². The number of aromatic nitrogens is 1. The smallest absolute Gasteiger partial charge is 0.246 e. The lowest BCUT2D eigenvalue weighted by Crippen LogP contribution is -2.59. The maximum atomic E-state index is 11.7. The molecule has 4 bridgehead atoms. The van der Waals surface area contributed by atoms with Crippen LogP contribution in [0, 0.1) is 17.8 Å². The fraction of sp³-hybridized carbons (Fsp3) is 0.571. The summed E-state index contributed by atoms with van der Waals surface area (Å²) >= 11 is 0. The maximum Gasteiger partial charge on any atom is 0.246 e. The van der Waals surface area contributed by atoms with Crippen molar-refractivity contribution in [3.63, 3.8) is 0 Å². The standard InChI is InChI=1S/C21H24N4O2/c26-18-6-17(24-25-18)15-10-22-16-3-1-2-14(16)20(15)23-19-12-4-11-5-13(19)9-21(27,7-11)8-12/h1-2,10-13,19,27H,3-9H2,(H,22,23)(H,25,26)/t11?,12-,13+,19?,21?. The number of aliphatic hydroxyl groups is 1. The van der Waals surface area contributed by atoms with Gasteiger partial charge in [-0.3, -0.25) is 9.78 Å². The molecule has 0 radical (unpaired) electrons. The number of carbonyl (C=O) groups excluding carboxylic acids is 1. The molecule has 3 unspecified atom stereocenters. The van der Waals surface area contributed by atoms with Crippen molar-refractivity contribution in [1.82, 2.24) is 10.4 Å². The summed E-state index contributed by atoms with van der Waals surface area (Å²) in [7, 11) is 0. The molecular weight excluding hydrogens is 340 g/mol. The number of fused-ring (bicyclic) bond motifs is 1. The van der Waals surface area contributed by atoms with Crippen LogP contribution in [-0.2, 0) is 11.2 Å². The van der Waals surface area contributed by atoms with E-state index in [0.29, 0.717) is 30.2 Å². The van der Waals surface area contributed by atoms with E-state index in [1.807, 2.05) is 6.20 Å². The Morgan fingerprint density at radius 1 is 1.22 bits per heavy atom. The number of hydrogen-bond acceptors (Lipinski definition) is 5. The molecule has 5 atom stereocenters. The summed E-state index contributed by atoms with van der Waals surface area (Å²) in [5.74, 6) is 1.67. The fourth-order valence-corrected chi connectivity index (χ4v) is 6.47. The van der Waals surface area contributed by atoms with Crippen molar-refractivity contribution >= 4 is 23.4 Å². The molecule has 6 aliphatic rings. The second kappa shape index (κ2) is 5.41. The molecule has 27 heavy (non-hydrogen) atoms. The summed E-state index contributed by atoms with van der Waals surface area (Å²) in [5, 5.41) is 19.0. The molecule has 1 aromatic heterocycles. The first-order valence-corrected chi connectivity index (χ1v) is 10.1. The number of hydrazone groups is 1. The molecule has 1 aliphatic heterocycles. The molecule has 4 saturated carbocycles. The van der Waals surface area contributed by atoms with Crippen LogP contribution in [0.2, 0.25) is 0 Å². The third-order valence-corrected chi connectivity index (χ3v) is 7.30.